The van der Waals surface area contributed by atoms with Crippen LogP contribution in [0.3, 0.4) is 0 Å². The van der Waals surface area contributed by atoms with E-state index in [1.54, 1.807) is 42.5 Å². The first-order chi connectivity index (χ1) is 22.9. The van der Waals surface area contributed by atoms with Crippen LogP contribution < -0.4 is 42.6 Å². The van der Waals surface area contributed by atoms with Gasteiger partial charge in [-0.2, -0.15) is 0 Å². The highest BCUT2D eigenvalue weighted by Crippen LogP contribution is 2.64. The minimum atomic E-state index is -1.72. The zero-order valence-corrected chi connectivity index (χ0v) is 27.1. The van der Waals surface area contributed by atoms with E-state index in [4.69, 9.17) is 42.6 Å². The fraction of sp³-hybridized carbons (Fsp3) is 0.216. The number of fused-ring (bicyclic) bond motifs is 3. The van der Waals surface area contributed by atoms with E-state index in [0.717, 1.165) is 0 Å². The van der Waals surface area contributed by atoms with E-state index < -0.39 is 5.60 Å². The second-order valence-corrected chi connectivity index (χ2v) is 10.5. The number of hydrogen-bond acceptors (Lipinski definition) is 10. The van der Waals surface area contributed by atoms with Gasteiger partial charge in [0.2, 0.25) is 23.0 Å². The Morgan fingerprint density at radius 1 is 0.617 bits per heavy atom. The van der Waals surface area contributed by atoms with Gasteiger partial charge < -0.3 is 42.6 Å². The van der Waals surface area contributed by atoms with Crippen LogP contribution in [-0.4, -0.2) is 55.6 Å². The molecule has 4 aromatic rings. The van der Waals surface area contributed by atoms with E-state index in [9.17, 15) is 4.79 Å². The van der Waals surface area contributed by atoms with Gasteiger partial charge in [-0.25, -0.2) is 0 Å². The average molecular weight is 639 g/mol. The van der Waals surface area contributed by atoms with Crippen molar-refractivity contribution in [1.29, 1.82) is 0 Å². The lowest BCUT2D eigenvalue weighted by Crippen LogP contribution is -2.42. The van der Waals surface area contributed by atoms with E-state index in [2.05, 4.69) is 0 Å². The van der Waals surface area contributed by atoms with Crippen LogP contribution in [0.15, 0.2) is 78.4 Å². The Morgan fingerprint density at radius 3 is 1.77 bits per heavy atom. The van der Waals surface area contributed by atoms with Gasteiger partial charge in [-0.3, -0.25) is 4.79 Å². The topological polar surface area (TPSA) is 100 Å². The smallest absolute Gasteiger partial charge is 0.211 e. The molecule has 1 unspecified atom stereocenters. The summed E-state index contributed by atoms with van der Waals surface area (Å²) in [4.78, 5) is 14.8. The molecule has 1 atom stereocenters. The molecule has 0 aromatic heterocycles. The van der Waals surface area contributed by atoms with Crippen molar-refractivity contribution in [2.45, 2.75) is 5.60 Å². The van der Waals surface area contributed by atoms with E-state index in [0.29, 0.717) is 45.3 Å². The van der Waals surface area contributed by atoms with Crippen molar-refractivity contribution >= 4 is 17.6 Å². The number of benzene rings is 4. The number of rotatable bonds is 10. The van der Waals surface area contributed by atoms with E-state index in [1.165, 1.54) is 49.8 Å². The minimum Gasteiger partial charge on any atom is -0.496 e. The van der Waals surface area contributed by atoms with Gasteiger partial charge >= 0.3 is 0 Å². The fourth-order valence-corrected chi connectivity index (χ4v) is 6.07. The predicted octanol–water partition coefficient (Wildman–Crippen LogP) is 6.73. The van der Waals surface area contributed by atoms with Crippen molar-refractivity contribution in [1.82, 2.24) is 0 Å². The lowest BCUT2D eigenvalue weighted by Gasteiger charge is -2.42. The molecule has 0 radical (unpaired) electrons. The standard InChI is InChI=1S/C37H34O10/c1-39-25-19-26(40-2)31(41-3)30-23(25)18-24(29(38)22-16-12-9-13-17-22)37(47-30)20-27(21-14-10-8-11-15-21)46-33-28(37)32(42-4)34(43-5)36(45-7)35(33)44-6/h8-20H,1-7H3. The first kappa shape index (κ1) is 31.2. The maximum Gasteiger partial charge on any atom is 0.211 e. The molecule has 4 aromatic carbocycles. The molecule has 0 bridgehead atoms. The highest BCUT2D eigenvalue weighted by molar-refractivity contribution is 6.14. The van der Waals surface area contributed by atoms with E-state index in [-0.39, 0.29) is 45.9 Å². The zero-order chi connectivity index (χ0) is 33.3. The number of carbonyl (C=O) groups is 1. The summed E-state index contributed by atoms with van der Waals surface area (Å²) >= 11 is 0. The third kappa shape index (κ3) is 4.84. The highest BCUT2D eigenvalue weighted by Gasteiger charge is 2.54. The first-order valence-electron chi connectivity index (χ1n) is 14.6. The third-order valence-corrected chi connectivity index (χ3v) is 8.15. The molecule has 2 aliphatic rings. The van der Waals surface area contributed by atoms with Crippen LogP contribution in [0.2, 0.25) is 0 Å². The highest BCUT2D eigenvalue weighted by atomic mass is 16.6. The van der Waals surface area contributed by atoms with Gasteiger partial charge in [-0.05, 0) is 6.08 Å². The van der Waals surface area contributed by atoms with Crippen LogP contribution in [-0.2, 0) is 5.60 Å². The van der Waals surface area contributed by atoms with Crippen molar-refractivity contribution in [2.75, 3.05) is 49.8 Å². The molecule has 10 heteroatoms. The summed E-state index contributed by atoms with van der Waals surface area (Å²) in [5, 5.41) is 0. The van der Waals surface area contributed by atoms with Gasteiger partial charge in [-0.15, -0.1) is 0 Å². The summed E-state index contributed by atoms with van der Waals surface area (Å²) in [5.41, 5.74) is 0.431. The monoisotopic (exact) mass is 638 g/mol. The molecule has 242 valence electrons. The molecule has 0 N–H and O–H groups in total. The number of ketones is 1. The molecule has 0 fully saturated rings. The van der Waals surface area contributed by atoms with Gasteiger partial charge in [0.15, 0.2) is 34.4 Å². The van der Waals surface area contributed by atoms with Gasteiger partial charge in [0, 0.05) is 23.3 Å². The van der Waals surface area contributed by atoms with Gasteiger partial charge in [0.05, 0.1) is 66.5 Å². The quantitative estimate of drug-likeness (QED) is 0.174. The normalized spacial score (nSPS) is 15.9. The predicted molar refractivity (Wildman–Crippen MR) is 175 cm³/mol. The Labute approximate surface area is 272 Å². The van der Waals surface area contributed by atoms with Crippen molar-refractivity contribution in [3.8, 4) is 51.7 Å². The maximum atomic E-state index is 14.8. The van der Waals surface area contributed by atoms with Gasteiger partial charge in [0.1, 0.15) is 11.5 Å². The molecule has 0 saturated heterocycles. The van der Waals surface area contributed by atoms with Crippen LogP contribution >= 0.6 is 0 Å². The number of ether oxygens (including phenoxy) is 9. The summed E-state index contributed by atoms with van der Waals surface area (Å²) in [6, 6.07) is 20.1. The van der Waals surface area contributed by atoms with Crippen molar-refractivity contribution < 1.29 is 47.4 Å². The molecule has 2 heterocycles. The second-order valence-electron chi connectivity index (χ2n) is 10.5. The van der Waals surface area contributed by atoms with E-state index >= 15 is 0 Å². The summed E-state index contributed by atoms with van der Waals surface area (Å²) < 4.78 is 54.7. The Hall–Kier alpha value is -5.77. The zero-order valence-electron chi connectivity index (χ0n) is 27.1. The summed E-state index contributed by atoms with van der Waals surface area (Å²) in [6.45, 7) is 0. The number of methoxy groups -OCH3 is 7. The molecular formula is C37H34O10. The van der Waals surface area contributed by atoms with Crippen molar-refractivity contribution in [2.24, 2.45) is 0 Å². The van der Waals surface area contributed by atoms with Crippen molar-refractivity contribution in [3.63, 3.8) is 0 Å². The van der Waals surface area contributed by atoms with Crippen LogP contribution in [0.1, 0.15) is 27.0 Å². The summed E-state index contributed by atoms with van der Waals surface area (Å²) in [7, 11) is 10.5. The second kappa shape index (κ2) is 12.6. The van der Waals surface area contributed by atoms with Crippen LogP contribution in [0, 0.1) is 0 Å². The molecule has 47 heavy (non-hydrogen) atoms. The van der Waals surface area contributed by atoms with Gasteiger partial charge in [0.25, 0.3) is 0 Å². The van der Waals surface area contributed by atoms with E-state index in [1.807, 2.05) is 36.4 Å². The number of carbonyl (C=O) groups excluding carboxylic acids is 1. The first-order valence-corrected chi connectivity index (χ1v) is 14.6. The van der Waals surface area contributed by atoms with Crippen molar-refractivity contribution in [3.05, 3.63) is 101 Å². The fourth-order valence-electron chi connectivity index (χ4n) is 6.07. The number of hydrogen-bond donors (Lipinski definition) is 0. The van der Waals surface area contributed by atoms with Crippen LogP contribution in [0.4, 0.5) is 0 Å². The molecular weight excluding hydrogens is 604 g/mol. The third-order valence-electron chi connectivity index (χ3n) is 8.15. The Kier molecular flexibility index (Phi) is 8.34. The Bertz CT molecular complexity index is 1900. The molecule has 10 nitrogen and oxygen atoms in total. The molecule has 0 amide bonds. The Morgan fingerprint density at radius 2 is 1.19 bits per heavy atom. The van der Waals surface area contributed by atoms with Crippen LogP contribution in [0.5, 0.6) is 51.7 Å². The summed E-state index contributed by atoms with van der Waals surface area (Å²) in [6.07, 6.45) is 3.49. The maximum absolute atomic E-state index is 14.8. The lowest BCUT2D eigenvalue weighted by atomic mass is 9.76. The molecule has 2 aliphatic heterocycles. The lowest BCUT2D eigenvalue weighted by molar-refractivity contribution is 0.0907. The van der Waals surface area contributed by atoms with Gasteiger partial charge in [-0.1, -0.05) is 60.7 Å². The van der Waals surface area contributed by atoms with Crippen LogP contribution in [0.25, 0.3) is 11.8 Å². The number of Topliss-reactive ketones (excluding diaryl/α,β-unsaturated/α-hetero) is 1. The SMILES string of the molecule is COc1cc(OC)c(OC)c2c1C=C(C(=O)c1ccccc1)C1(C=C(c3ccccc3)Oc3c(OC)c(OC)c(OC)c(OC)c31)O2. The minimum absolute atomic E-state index is 0.201. The average Bonchev–Trinajstić information content (AvgIpc) is 3.12. The largest absolute Gasteiger partial charge is 0.496 e. The molecule has 0 aliphatic carbocycles. The summed E-state index contributed by atoms with van der Waals surface area (Å²) in [5.74, 6) is 2.43. The molecule has 6 rings (SSSR count). The molecule has 0 saturated carbocycles. The molecule has 1 spiro atoms. The Balaban J connectivity index is 1.82.